The summed E-state index contributed by atoms with van der Waals surface area (Å²) in [7, 11) is 0. The minimum atomic E-state index is 0.0103. The van der Waals surface area contributed by atoms with Gasteiger partial charge in [-0.05, 0) is 48.2 Å². The maximum atomic E-state index is 12.2. The van der Waals surface area contributed by atoms with Crippen molar-refractivity contribution in [2.24, 2.45) is 0 Å². The van der Waals surface area contributed by atoms with Crippen LogP contribution in [0, 0.1) is 0 Å². The second-order valence-electron chi connectivity index (χ2n) is 5.31. The molecule has 0 heterocycles. The van der Waals surface area contributed by atoms with Crippen LogP contribution >= 0.6 is 23.2 Å². The number of rotatable bonds is 6. The highest BCUT2D eigenvalue weighted by molar-refractivity contribution is 6.30. The van der Waals surface area contributed by atoms with E-state index >= 15 is 0 Å². The summed E-state index contributed by atoms with van der Waals surface area (Å²) in [4.78, 5) is 12.2. The van der Waals surface area contributed by atoms with Gasteiger partial charge in [0.2, 0.25) is 5.91 Å². The minimum Gasteiger partial charge on any atom is -0.353 e. The van der Waals surface area contributed by atoms with E-state index in [-0.39, 0.29) is 11.9 Å². The minimum absolute atomic E-state index is 0.0103. The molecule has 0 aromatic heterocycles. The molecule has 0 bridgehead atoms. The fourth-order valence-electron chi connectivity index (χ4n) is 2.36. The number of carbonyl (C=O) groups excluding carboxylic acids is 1. The summed E-state index contributed by atoms with van der Waals surface area (Å²) in [5, 5.41) is 4.45. The Kier molecular flexibility index (Phi) is 6.29. The number of benzene rings is 2. The molecule has 0 unspecified atom stereocenters. The average Bonchev–Trinajstić information content (AvgIpc) is 2.46. The van der Waals surface area contributed by atoms with Crippen LogP contribution in [0.25, 0.3) is 0 Å². The monoisotopic (exact) mass is 335 g/mol. The van der Waals surface area contributed by atoms with Crippen molar-refractivity contribution in [1.82, 2.24) is 5.32 Å². The van der Waals surface area contributed by atoms with Crippen molar-refractivity contribution in [3.05, 3.63) is 69.7 Å². The van der Waals surface area contributed by atoms with E-state index in [9.17, 15) is 4.79 Å². The number of amides is 1. The third-order valence-corrected chi connectivity index (χ3v) is 3.95. The molecule has 116 valence electrons. The Morgan fingerprint density at radius 3 is 2.23 bits per heavy atom. The van der Waals surface area contributed by atoms with Crippen LogP contribution in [0.1, 0.15) is 24.5 Å². The molecule has 0 aliphatic heterocycles. The molecule has 2 nitrogen and oxygen atoms in total. The van der Waals surface area contributed by atoms with Crippen molar-refractivity contribution >= 4 is 29.1 Å². The van der Waals surface area contributed by atoms with E-state index in [0.717, 1.165) is 29.0 Å². The van der Waals surface area contributed by atoms with Crippen LogP contribution in [0.15, 0.2) is 48.5 Å². The number of hydrogen-bond donors (Lipinski definition) is 1. The molecule has 1 atom stereocenters. The molecular weight excluding hydrogens is 317 g/mol. The normalized spacial score (nSPS) is 12.0. The van der Waals surface area contributed by atoms with Crippen molar-refractivity contribution in [2.45, 2.75) is 32.2 Å². The quantitative estimate of drug-likeness (QED) is 0.816. The maximum Gasteiger partial charge on any atom is 0.224 e. The van der Waals surface area contributed by atoms with Crippen LogP contribution in [-0.2, 0) is 17.6 Å². The van der Waals surface area contributed by atoms with Crippen LogP contribution in [0.4, 0.5) is 0 Å². The summed E-state index contributed by atoms with van der Waals surface area (Å²) in [6.45, 7) is 2.06. The SMILES string of the molecule is CC[C@H](Cc1cccc(Cl)c1)NC(=O)Cc1cccc(Cl)c1. The maximum absolute atomic E-state index is 12.2. The number of carbonyl (C=O) groups is 1. The Balaban J connectivity index is 1.93. The summed E-state index contributed by atoms with van der Waals surface area (Å²) in [5.41, 5.74) is 2.05. The van der Waals surface area contributed by atoms with Crippen molar-refractivity contribution in [3.63, 3.8) is 0 Å². The first kappa shape index (κ1) is 16.9. The first-order valence-electron chi connectivity index (χ1n) is 7.35. The topological polar surface area (TPSA) is 29.1 Å². The lowest BCUT2D eigenvalue weighted by molar-refractivity contribution is -0.121. The fraction of sp³-hybridized carbons (Fsp3) is 0.278. The van der Waals surface area contributed by atoms with Gasteiger partial charge in [0.1, 0.15) is 0 Å². The molecule has 0 saturated carbocycles. The van der Waals surface area contributed by atoms with Crippen LogP contribution < -0.4 is 5.32 Å². The number of hydrogen-bond acceptors (Lipinski definition) is 1. The van der Waals surface area contributed by atoms with Gasteiger partial charge >= 0.3 is 0 Å². The van der Waals surface area contributed by atoms with Crippen LogP contribution in [0.3, 0.4) is 0 Å². The van der Waals surface area contributed by atoms with Crippen molar-refractivity contribution in [3.8, 4) is 0 Å². The van der Waals surface area contributed by atoms with Crippen LogP contribution in [0.2, 0.25) is 10.0 Å². The Morgan fingerprint density at radius 1 is 1.05 bits per heavy atom. The van der Waals surface area contributed by atoms with Gasteiger partial charge in [0.15, 0.2) is 0 Å². The molecule has 2 aromatic rings. The zero-order valence-electron chi connectivity index (χ0n) is 12.5. The molecule has 0 aliphatic carbocycles. The molecule has 2 rings (SSSR count). The summed E-state index contributed by atoms with van der Waals surface area (Å²) in [6, 6.07) is 15.2. The third-order valence-electron chi connectivity index (χ3n) is 3.48. The zero-order valence-corrected chi connectivity index (χ0v) is 14.0. The van der Waals surface area contributed by atoms with Gasteiger partial charge in [-0.3, -0.25) is 4.79 Å². The molecule has 4 heteroatoms. The van der Waals surface area contributed by atoms with Gasteiger partial charge in [0, 0.05) is 16.1 Å². The lowest BCUT2D eigenvalue weighted by Gasteiger charge is -2.17. The summed E-state index contributed by atoms with van der Waals surface area (Å²) >= 11 is 11.9. The van der Waals surface area contributed by atoms with E-state index in [0.29, 0.717) is 11.4 Å². The number of nitrogens with one attached hydrogen (secondary N) is 1. The predicted octanol–water partition coefficient (Wildman–Crippen LogP) is 4.67. The van der Waals surface area contributed by atoms with E-state index in [2.05, 4.69) is 12.2 Å². The van der Waals surface area contributed by atoms with Crippen molar-refractivity contribution in [2.75, 3.05) is 0 Å². The first-order chi connectivity index (χ1) is 10.6. The molecule has 1 N–H and O–H groups in total. The fourth-order valence-corrected chi connectivity index (χ4v) is 2.78. The molecule has 0 saturated heterocycles. The van der Waals surface area contributed by atoms with E-state index in [1.165, 1.54) is 0 Å². The van der Waals surface area contributed by atoms with Gasteiger partial charge in [-0.15, -0.1) is 0 Å². The molecule has 0 radical (unpaired) electrons. The lowest BCUT2D eigenvalue weighted by Crippen LogP contribution is -2.36. The summed E-state index contributed by atoms with van der Waals surface area (Å²) in [6.07, 6.45) is 1.98. The van der Waals surface area contributed by atoms with E-state index in [4.69, 9.17) is 23.2 Å². The van der Waals surface area contributed by atoms with E-state index in [1.807, 2.05) is 42.5 Å². The standard InChI is InChI=1S/C18H19Cl2NO/c1-2-17(11-13-5-3-7-15(19)9-13)21-18(22)12-14-6-4-8-16(20)10-14/h3-10,17H,2,11-12H2,1H3,(H,21,22)/t17-/m1/s1. The first-order valence-corrected chi connectivity index (χ1v) is 8.10. The Morgan fingerprint density at radius 2 is 1.64 bits per heavy atom. The van der Waals surface area contributed by atoms with Gasteiger partial charge < -0.3 is 5.32 Å². The van der Waals surface area contributed by atoms with Gasteiger partial charge in [-0.1, -0.05) is 54.4 Å². The highest BCUT2D eigenvalue weighted by Crippen LogP contribution is 2.14. The van der Waals surface area contributed by atoms with Gasteiger partial charge in [-0.2, -0.15) is 0 Å². The highest BCUT2D eigenvalue weighted by Gasteiger charge is 2.12. The van der Waals surface area contributed by atoms with Crippen molar-refractivity contribution in [1.29, 1.82) is 0 Å². The molecule has 1 amide bonds. The second-order valence-corrected chi connectivity index (χ2v) is 6.19. The number of halogens is 2. The molecule has 0 spiro atoms. The third kappa shape index (κ3) is 5.36. The van der Waals surface area contributed by atoms with Gasteiger partial charge in [0.25, 0.3) is 0 Å². The summed E-state index contributed by atoms with van der Waals surface area (Å²) in [5.74, 6) is 0.0103. The van der Waals surface area contributed by atoms with E-state index in [1.54, 1.807) is 6.07 Å². The Labute approximate surface area is 141 Å². The van der Waals surface area contributed by atoms with Crippen LogP contribution in [0.5, 0.6) is 0 Å². The predicted molar refractivity (Wildman–Crippen MR) is 92.5 cm³/mol. The highest BCUT2D eigenvalue weighted by atomic mass is 35.5. The largest absolute Gasteiger partial charge is 0.353 e. The summed E-state index contributed by atoms with van der Waals surface area (Å²) < 4.78 is 0. The lowest BCUT2D eigenvalue weighted by atomic mass is 10.0. The Hall–Kier alpha value is -1.51. The Bertz CT molecular complexity index is 642. The molecular formula is C18H19Cl2NO. The molecule has 0 aliphatic rings. The smallest absolute Gasteiger partial charge is 0.224 e. The van der Waals surface area contributed by atoms with Gasteiger partial charge in [0.05, 0.1) is 6.42 Å². The van der Waals surface area contributed by atoms with Crippen molar-refractivity contribution < 1.29 is 4.79 Å². The zero-order chi connectivity index (χ0) is 15.9. The van der Waals surface area contributed by atoms with Crippen LogP contribution in [-0.4, -0.2) is 11.9 Å². The molecule has 0 fully saturated rings. The van der Waals surface area contributed by atoms with E-state index < -0.39 is 0 Å². The average molecular weight is 336 g/mol. The molecule has 22 heavy (non-hydrogen) atoms. The second kappa shape index (κ2) is 8.21. The molecule has 2 aromatic carbocycles. The van der Waals surface area contributed by atoms with Gasteiger partial charge in [-0.25, -0.2) is 0 Å².